The first-order chi connectivity index (χ1) is 29.0. The number of rotatable bonds is 7. The van der Waals surface area contributed by atoms with Crippen LogP contribution in [0.2, 0.25) is 0 Å². The first-order valence-electron chi connectivity index (χ1n) is 20.4. The van der Waals surface area contributed by atoms with Crippen LogP contribution < -0.4 is 4.90 Å². The van der Waals surface area contributed by atoms with Gasteiger partial charge in [0.05, 0.1) is 10.4 Å². The van der Waals surface area contributed by atoms with E-state index in [-0.39, 0.29) is 5.41 Å². The van der Waals surface area contributed by atoms with Gasteiger partial charge in [-0.3, -0.25) is 0 Å². The van der Waals surface area contributed by atoms with E-state index in [4.69, 9.17) is 0 Å². The topological polar surface area (TPSA) is 3.24 Å². The summed E-state index contributed by atoms with van der Waals surface area (Å²) in [6, 6.07) is 78.1. The van der Waals surface area contributed by atoms with E-state index < -0.39 is 0 Å². The number of fused-ring (bicyclic) bond motifs is 6. The van der Waals surface area contributed by atoms with Gasteiger partial charge in [-0.2, -0.15) is 0 Å². The molecule has 0 N–H and O–H groups in total. The molecule has 0 amide bonds. The van der Waals surface area contributed by atoms with Gasteiger partial charge in [0.2, 0.25) is 0 Å². The lowest BCUT2D eigenvalue weighted by Gasteiger charge is -2.29. The molecular weight excluding hydrogens is 731 g/mol. The molecule has 1 nitrogen and oxygen atoms in total. The van der Waals surface area contributed by atoms with Gasteiger partial charge in [-0.25, -0.2) is 0 Å². The molecule has 0 spiro atoms. The monoisotopic (exact) mass is 771 g/mol. The molecule has 0 aliphatic heterocycles. The van der Waals surface area contributed by atoms with Gasteiger partial charge in [0.25, 0.3) is 0 Å². The van der Waals surface area contributed by atoms with Gasteiger partial charge in [0, 0.05) is 32.3 Å². The van der Waals surface area contributed by atoms with Crippen LogP contribution in [0.15, 0.2) is 212 Å². The average Bonchev–Trinajstić information content (AvgIpc) is 3.79. The Labute approximate surface area is 350 Å². The van der Waals surface area contributed by atoms with Gasteiger partial charge in [0.15, 0.2) is 0 Å². The van der Waals surface area contributed by atoms with Crippen molar-refractivity contribution in [1.82, 2.24) is 0 Å². The third kappa shape index (κ3) is 6.07. The van der Waals surface area contributed by atoms with Crippen LogP contribution in [0.4, 0.5) is 17.1 Å². The van der Waals surface area contributed by atoms with Gasteiger partial charge in [-0.05, 0) is 109 Å². The lowest BCUT2D eigenvalue weighted by molar-refractivity contribution is 0.660. The second-order valence-electron chi connectivity index (χ2n) is 16.1. The second-order valence-corrected chi connectivity index (χ2v) is 17.2. The van der Waals surface area contributed by atoms with Crippen molar-refractivity contribution >= 4 is 48.6 Å². The average molecular weight is 772 g/mol. The van der Waals surface area contributed by atoms with Crippen molar-refractivity contribution in [2.45, 2.75) is 19.3 Å². The van der Waals surface area contributed by atoms with Crippen LogP contribution in [0.5, 0.6) is 0 Å². The lowest BCUT2D eigenvalue weighted by Crippen LogP contribution is -2.16. The number of hydrogen-bond donors (Lipinski definition) is 0. The number of hydrogen-bond acceptors (Lipinski definition) is 2. The molecule has 59 heavy (non-hydrogen) atoms. The van der Waals surface area contributed by atoms with E-state index in [1.807, 2.05) is 11.3 Å². The molecule has 2 heteroatoms. The van der Waals surface area contributed by atoms with Gasteiger partial charge >= 0.3 is 0 Å². The Morgan fingerprint density at radius 3 is 1.46 bits per heavy atom. The van der Waals surface area contributed by atoms with Crippen LogP contribution in [-0.2, 0) is 5.41 Å². The van der Waals surface area contributed by atoms with Crippen LogP contribution >= 0.6 is 11.3 Å². The summed E-state index contributed by atoms with van der Waals surface area (Å²) in [5, 5.41) is 2.57. The minimum Gasteiger partial charge on any atom is -0.309 e. The van der Waals surface area contributed by atoms with Gasteiger partial charge in [-0.1, -0.05) is 184 Å². The Morgan fingerprint density at radius 1 is 0.356 bits per heavy atom. The van der Waals surface area contributed by atoms with Crippen LogP contribution in [0, 0.1) is 0 Å². The highest BCUT2D eigenvalue weighted by molar-refractivity contribution is 7.26. The van der Waals surface area contributed by atoms with Crippen molar-refractivity contribution in [3.8, 4) is 55.6 Å². The minimum atomic E-state index is -0.126. The van der Waals surface area contributed by atoms with Crippen molar-refractivity contribution in [1.29, 1.82) is 0 Å². The molecule has 1 aliphatic rings. The van der Waals surface area contributed by atoms with Crippen molar-refractivity contribution in [2.75, 3.05) is 4.90 Å². The van der Waals surface area contributed by atoms with Gasteiger partial charge < -0.3 is 4.90 Å². The molecule has 1 heterocycles. The van der Waals surface area contributed by atoms with Crippen molar-refractivity contribution < 1.29 is 0 Å². The summed E-state index contributed by atoms with van der Waals surface area (Å²) >= 11 is 1.88. The maximum atomic E-state index is 2.50. The Kier molecular flexibility index (Phi) is 8.43. The van der Waals surface area contributed by atoms with Crippen molar-refractivity contribution in [3.05, 3.63) is 223 Å². The predicted molar refractivity (Wildman–Crippen MR) is 253 cm³/mol. The van der Waals surface area contributed by atoms with E-state index in [1.54, 1.807) is 0 Å². The maximum absolute atomic E-state index is 2.50. The number of benzene rings is 9. The predicted octanol–water partition coefficient (Wildman–Crippen LogP) is 16.5. The minimum absolute atomic E-state index is 0.126. The molecule has 0 bridgehead atoms. The van der Waals surface area contributed by atoms with Gasteiger partial charge in [-0.15, -0.1) is 11.3 Å². The summed E-state index contributed by atoms with van der Waals surface area (Å²) in [6.45, 7) is 4.74. The van der Waals surface area contributed by atoms with E-state index in [2.05, 4.69) is 231 Å². The lowest BCUT2D eigenvalue weighted by atomic mass is 9.82. The highest BCUT2D eigenvalue weighted by Crippen LogP contribution is 2.52. The molecule has 0 saturated heterocycles. The highest BCUT2D eigenvalue weighted by Gasteiger charge is 2.36. The van der Waals surface area contributed by atoms with Crippen molar-refractivity contribution in [3.63, 3.8) is 0 Å². The Balaban J connectivity index is 1.09. The van der Waals surface area contributed by atoms with Crippen LogP contribution in [-0.4, -0.2) is 0 Å². The molecule has 10 aromatic rings. The number of nitrogens with zero attached hydrogens (tertiary/aromatic N) is 1. The molecule has 0 unspecified atom stereocenters. The summed E-state index contributed by atoms with van der Waals surface area (Å²) < 4.78 is 2.57. The molecule has 0 radical (unpaired) electrons. The summed E-state index contributed by atoms with van der Waals surface area (Å²) in [6.07, 6.45) is 0. The molecule has 1 aromatic heterocycles. The zero-order valence-electron chi connectivity index (χ0n) is 33.1. The van der Waals surface area contributed by atoms with Gasteiger partial charge in [0.1, 0.15) is 0 Å². The summed E-state index contributed by atoms with van der Waals surface area (Å²) in [4.78, 5) is 2.50. The van der Waals surface area contributed by atoms with Crippen LogP contribution in [0.3, 0.4) is 0 Å². The molecule has 11 rings (SSSR count). The first kappa shape index (κ1) is 35.2. The first-order valence-corrected chi connectivity index (χ1v) is 21.2. The Hall–Kier alpha value is -7.00. The molecular formula is C57H41NS. The second kappa shape index (κ2) is 14.1. The largest absolute Gasteiger partial charge is 0.309 e. The normalized spacial score (nSPS) is 12.7. The zero-order chi connectivity index (χ0) is 39.5. The fourth-order valence-electron chi connectivity index (χ4n) is 9.17. The molecule has 9 aromatic carbocycles. The van der Waals surface area contributed by atoms with Crippen molar-refractivity contribution in [2.24, 2.45) is 0 Å². The molecule has 0 fully saturated rings. The molecule has 0 atom stereocenters. The van der Waals surface area contributed by atoms with E-state index in [0.717, 1.165) is 11.4 Å². The molecule has 280 valence electrons. The standard InChI is InChI=1S/C57H41NS/c1-57(2)52-19-11-9-17-48(52)49-34-33-47(37-53(49)57)58(46-31-29-43(30-32-46)42-23-21-40(22-24-42)38-13-5-3-6-14-38)54-36-45(35-51-50-18-10-12-20-55(50)59-56(51)54)44-27-25-41(26-28-44)39-15-7-4-8-16-39/h3-37H,1-2H3. The van der Waals surface area contributed by atoms with E-state index in [9.17, 15) is 0 Å². The fraction of sp³-hybridized carbons (Fsp3) is 0.0526. The Morgan fingerprint density at radius 2 is 0.831 bits per heavy atom. The summed E-state index contributed by atoms with van der Waals surface area (Å²) in [5.74, 6) is 0. The highest BCUT2D eigenvalue weighted by atomic mass is 32.1. The zero-order valence-corrected chi connectivity index (χ0v) is 33.9. The summed E-state index contributed by atoms with van der Waals surface area (Å²) in [5.41, 5.74) is 18.4. The SMILES string of the molecule is CC1(C)c2ccccc2-c2ccc(N(c3ccc(-c4ccc(-c5ccccc5)cc4)cc3)c3cc(-c4ccc(-c5ccccc5)cc4)cc4c3sc3ccccc34)cc21. The maximum Gasteiger partial charge on any atom is 0.0646 e. The Bertz CT molecular complexity index is 3140. The molecule has 0 saturated carbocycles. The van der Waals surface area contributed by atoms with Crippen LogP contribution in [0.25, 0.3) is 75.8 Å². The smallest absolute Gasteiger partial charge is 0.0646 e. The number of anilines is 3. The number of thiophene rings is 1. The quantitative estimate of drug-likeness (QED) is 0.156. The summed E-state index contributed by atoms with van der Waals surface area (Å²) in [7, 11) is 0. The fourth-order valence-corrected chi connectivity index (χ4v) is 10.4. The van der Waals surface area contributed by atoms with E-state index in [0.29, 0.717) is 0 Å². The third-order valence-electron chi connectivity index (χ3n) is 12.3. The van der Waals surface area contributed by atoms with E-state index >= 15 is 0 Å². The molecule has 1 aliphatic carbocycles. The van der Waals surface area contributed by atoms with E-state index in [1.165, 1.54) is 92.6 Å². The van der Waals surface area contributed by atoms with Crippen LogP contribution in [0.1, 0.15) is 25.0 Å². The third-order valence-corrected chi connectivity index (χ3v) is 13.5.